The Labute approximate surface area is 76.4 Å². The highest BCUT2D eigenvalue weighted by Gasteiger charge is 1.89. The fourth-order valence-electron chi connectivity index (χ4n) is 0.731. The van der Waals surface area contributed by atoms with Gasteiger partial charge in [0.2, 0.25) is 0 Å². The zero-order chi connectivity index (χ0) is 10.1. The summed E-state index contributed by atoms with van der Waals surface area (Å²) in [5.74, 6) is 0.817. The van der Waals surface area contributed by atoms with Gasteiger partial charge < -0.3 is 14.9 Å². The molecule has 0 bridgehead atoms. The summed E-state index contributed by atoms with van der Waals surface area (Å²) in [5, 5.41) is 15.5. The lowest BCUT2D eigenvalue weighted by atomic mass is 10.2. The standard InChI is InChI=1S/C8H10O2.CH2O2/c1-10-8-4-2-7(6-9)3-5-8;2-1-3/h2-5,9H,6H2,1H3;1H,(H,2,3). The van der Waals surface area contributed by atoms with Crippen LogP contribution in [0.2, 0.25) is 0 Å². The minimum atomic E-state index is -0.250. The number of hydrogen-bond acceptors (Lipinski definition) is 3. The third-order valence-electron chi connectivity index (χ3n) is 1.34. The average molecular weight is 184 g/mol. The summed E-state index contributed by atoms with van der Waals surface area (Å²) < 4.78 is 4.93. The van der Waals surface area contributed by atoms with Gasteiger partial charge in [0.05, 0.1) is 13.7 Å². The van der Waals surface area contributed by atoms with Crippen molar-refractivity contribution < 1.29 is 19.7 Å². The molecule has 0 spiro atoms. The first-order valence-electron chi connectivity index (χ1n) is 3.60. The Bertz CT molecular complexity index is 207. The molecule has 4 heteroatoms. The van der Waals surface area contributed by atoms with Crippen LogP contribution in [-0.4, -0.2) is 23.8 Å². The van der Waals surface area contributed by atoms with E-state index < -0.39 is 0 Å². The summed E-state index contributed by atoms with van der Waals surface area (Å²) >= 11 is 0. The Kier molecular flexibility index (Phi) is 6.27. The Morgan fingerprint density at radius 2 is 1.85 bits per heavy atom. The summed E-state index contributed by atoms with van der Waals surface area (Å²) in [6.07, 6.45) is 0. The maximum absolute atomic E-state index is 8.66. The molecule has 0 aromatic heterocycles. The number of benzene rings is 1. The molecule has 0 aliphatic heterocycles. The highest BCUT2D eigenvalue weighted by atomic mass is 16.5. The van der Waals surface area contributed by atoms with Gasteiger partial charge in [-0.2, -0.15) is 0 Å². The van der Waals surface area contributed by atoms with Gasteiger partial charge in [-0.3, -0.25) is 4.79 Å². The predicted octanol–water partition coefficient (Wildman–Crippen LogP) is 0.888. The number of aliphatic hydroxyl groups excluding tert-OH is 1. The molecule has 1 aromatic rings. The lowest BCUT2D eigenvalue weighted by molar-refractivity contribution is -0.122. The average Bonchev–Trinajstić information content (AvgIpc) is 2.19. The van der Waals surface area contributed by atoms with Gasteiger partial charge in [-0.15, -0.1) is 0 Å². The van der Waals surface area contributed by atoms with Crippen molar-refractivity contribution in [3.63, 3.8) is 0 Å². The van der Waals surface area contributed by atoms with E-state index in [9.17, 15) is 0 Å². The number of carbonyl (C=O) groups is 1. The molecular formula is C9H12O4. The second-order valence-corrected chi connectivity index (χ2v) is 2.11. The number of aliphatic hydroxyl groups is 1. The Morgan fingerprint density at radius 3 is 2.15 bits per heavy atom. The number of ether oxygens (including phenoxy) is 1. The van der Waals surface area contributed by atoms with E-state index in [1.54, 1.807) is 7.11 Å². The van der Waals surface area contributed by atoms with Crippen LogP contribution in [-0.2, 0) is 11.4 Å². The van der Waals surface area contributed by atoms with Crippen LogP contribution < -0.4 is 4.74 Å². The van der Waals surface area contributed by atoms with E-state index in [0.717, 1.165) is 11.3 Å². The Hall–Kier alpha value is -1.55. The molecule has 1 aromatic carbocycles. The summed E-state index contributed by atoms with van der Waals surface area (Å²) in [5.41, 5.74) is 0.904. The molecule has 0 unspecified atom stereocenters. The molecule has 13 heavy (non-hydrogen) atoms. The first-order valence-corrected chi connectivity index (χ1v) is 3.60. The zero-order valence-electron chi connectivity index (χ0n) is 7.30. The van der Waals surface area contributed by atoms with E-state index in [-0.39, 0.29) is 13.1 Å². The molecule has 0 aliphatic carbocycles. The SMILES string of the molecule is COc1ccc(CO)cc1.O=CO. The fourth-order valence-corrected chi connectivity index (χ4v) is 0.731. The molecule has 2 N–H and O–H groups in total. The molecule has 0 radical (unpaired) electrons. The van der Waals surface area contributed by atoms with E-state index in [0.29, 0.717) is 0 Å². The van der Waals surface area contributed by atoms with Gasteiger partial charge in [0, 0.05) is 0 Å². The van der Waals surface area contributed by atoms with Crippen LogP contribution in [0.4, 0.5) is 0 Å². The van der Waals surface area contributed by atoms with Crippen LogP contribution in [0.1, 0.15) is 5.56 Å². The number of hydrogen-bond donors (Lipinski definition) is 2. The highest BCUT2D eigenvalue weighted by molar-refractivity contribution is 5.32. The topological polar surface area (TPSA) is 66.8 Å². The number of methoxy groups -OCH3 is 1. The lowest BCUT2D eigenvalue weighted by Gasteiger charge is -1.98. The molecule has 0 heterocycles. The number of carboxylic acid groups (broad SMARTS) is 1. The second-order valence-electron chi connectivity index (χ2n) is 2.11. The van der Waals surface area contributed by atoms with Crippen molar-refractivity contribution in [1.29, 1.82) is 0 Å². The van der Waals surface area contributed by atoms with Gasteiger partial charge in [-0.25, -0.2) is 0 Å². The van der Waals surface area contributed by atoms with Crippen molar-refractivity contribution in [3.05, 3.63) is 29.8 Å². The van der Waals surface area contributed by atoms with Crippen LogP contribution in [0.15, 0.2) is 24.3 Å². The fraction of sp³-hybridized carbons (Fsp3) is 0.222. The second kappa shape index (κ2) is 7.12. The van der Waals surface area contributed by atoms with Crippen LogP contribution in [0.25, 0.3) is 0 Å². The predicted molar refractivity (Wildman–Crippen MR) is 47.6 cm³/mol. The van der Waals surface area contributed by atoms with E-state index in [4.69, 9.17) is 19.7 Å². The zero-order valence-corrected chi connectivity index (χ0v) is 7.30. The van der Waals surface area contributed by atoms with E-state index in [1.165, 1.54) is 0 Å². The van der Waals surface area contributed by atoms with Gasteiger partial charge in [0.25, 0.3) is 6.47 Å². The monoisotopic (exact) mass is 184 g/mol. The maximum Gasteiger partial charge on any atom is 0.290 e. The lowest BCUT2D eigenvalue weighted by Crippen LogP contribution is -1.84. The molecule has 0 saturated heterocycles. The molecule has 72 valence electrons. The van der Waals surface area contributed by atoms with Crippen molar-refractivity contribution in [3.8, 4) is 5.75 Å². The van der Waals surface area contributed by atoms with Crippen LogP contribution in [0.3, 0.4) is 0 Å². The minimum Gasteiger partial charge on any atom is -0.497 e. The molecule has 0 saturated carbocycles. The summed E-state index contributed by atoms with van der Waals surface area (Å²) in [6.45, 7) is -0.163. The molecule has 0 amide bonds. The van der Waals surface area contributed by atoms with Crippen molar-refractivity contribution in [2.24, 2.45) is 0 Å². The summed E-state index contributed by atoms with van der Waals surface area (Å²) in [4.78, 5) is 8.36. The molecule has 1 rings (SSSR count). The van der Waals surface area contributed by atoms with Crippen molar-refractivity contribution >= 4 is 6.47 Å². The normalized spacial score (nSPS) is 8.15. The van der Waals surface area contributed by atoms with Crippen molar-refractivity contribution in [2.45, 2.75) is 6.61 Å². The quantitative estimate of drug-likeness (QED) is 0.670. The Morgan fingerprint density at radius 1 is 1.38 bits per heavy atom. The molecule has 0 atom stereocenters. The third kappa shape index (κ3) is 4.81. The molecule has 4 nitrogen and oxygen atoms in total. The summed E-state index contributed by atoms with van der Waals surface area (Å²) in [6, 6.07) is 7.31. The van der Waals surface area contributed by atoms with Gasteiger partial charge in [-0.1, -0.05) is 12.1 Å². The first-order chi connectivity index (χ1) is 6.28. The smallest absolute Gasteiger partial charge is 0.290 e. The maximum atomic E-state index is 8.66. The van der Waals surface area contributed by atoms with Gasteiger partial charge in [0.1, 0.15) is 5.75 Å². The van der Waals surface area contributed by atoms with Gasteiger partial charge in [0.15, 0.2) is 0 Å². The third-order valence-corrected chi connectivity index (χ3v) is 1.34. The highest BCUT2D eigenvalue weighted by Crippen LogP contribution is 2.10. The van der Waals surface area contributed by atoms with Crippen molar-refractivity contribution in [1.82, 2.24) is 0 Å². The Balaban J connectivity index is 0.000000424. The molecule has 0 fully saturated rings. The van der Waals surface area contributed by atoms with Crippen molar-refractivity contribution in [2.75, 3.05) is 7.11 Å². The summed E-state index contributed by atoms with van der Waals surface area (Å²) in [7, 11) is 1.62. The van der Waals surface area contributed by atoms with E-state index in [1.807, 2.05) is 24.3 Å². The van der Waals surface area contributed by atoms with Gasteiger partial charge >= 0.3 is 0 Å². The van der Waals surface area contributed by atoms with E-state index >= 15 is 0 Å². The molecule has 0 aliphatic rings. The van der Waals surface area contributed by atoms with Crippen LogP contribution >= 0.6 is 0 Å². The van der Waals surface area contributed by atoms with Gasteiger partial charge in [-0.05, 0) is 17.7 Å². The largest absolute Gasteiger partial charge is 0.497 e. The number of rotatable bonds is 2. The first kappa shape index (κ1) is 11.4. The minimum absolute atomic E-state index is 0.0873. The van der Waals surface area contributed by atoms with Crippen LogP contribution in [0.5, 0.6) is 5.75 Å². The molecular weight excluding hydrogens is 172 g/mol. The van der Waals surface area contributed by atoms with E-state index in [2.05, 4.69) is 0 Å². The van der Waals surface area contributed by atoms with Crippen LogP contribution in [0, 0.1) is 0 Å².